The largest absolute Gasteiger partial charge is 0.387 e. The molecule has 0 fully saturated rings. The van der Waals surface area contributed by atoms with E-state index in [-0.39, 0.29) is 17.1 Å². The van der Waals surface area contributed by atoms with E-state index < -0.39 is 6.43 Å². The van der Waals surface area contributed by atoms with E-state index in [0.717, 1.165) is 37.5 Å². The third kappa shape index (κ3) is 5.18. The maximum atomic E-state index is 12.8. The van der Waals surface area contributed by atoms with E-state index in [1.807, 2.05) is 20.2 Å². The second kappa shape index (κ2) is 10.6. The number of ether oxygens (including phenoxy) is 1. The van der Waals surface area contributed by atoms with Gasteiger partial charge in [-0.2, -0.15) is 10.2 Å². The number of carbonyl (C=O) groups excluding carboxylic acids is 1. The topological polar surface area (TPSA) is 120 Å². The van der Waals surface area contributed by atoms with Crippen molar-refractivity contribution < 1.29 is 18.3 Å². The van der Waals surface area contributed by atoms with Crippen LogP contribution in [0.5, 0.6) is 0 Å². The van der Waals surface area contributed by atoms with Crippen molar-refractivity contribution in [2.75, 3.05) is 24.8 Å². The lowest BCUT2D eigenvalue weighted by molar-refractivity contribution is -0.105. The number of thiazole rings is 1. The first-order valence-corrected chi connectivity index (χ1v) is 10.1. The number of aryl methyl sites for hydroxylation is 1. The van der Waals surface area contributed by atoms with Gasteiger partial charge in [0.25, 0.3) is 6.43 Å². The molecule has 13 heteroatoms. The Hall–Kier alpha value is -3.58. The summed E-state index contributed by atoms with van der Waals surface area (Å²) < 4.78 is 30.8. The number of amides is 1. The van der Waals surface area contributed by atoms with Gasteiger partial charge in [0.05, 0.1) is 53.3 Å². The number of alkyl halides is 2. The molecule has 4 heterocycles. The van der Waals surface area contributed by atoms with Gasteiger partial charge in [0.15, 0.2) is 5.82 Å². The highest BCUT2D eigenvalue weighted by Gasteiger charge is 2.17. The number of pyridine rings is 2. The van der Waals surface area contributed by atoms with Gasteiger partial charge >= 0.3 is 0 Å². The van der Waals surface area contributed by atoms with Crippen molar-refractivity contribution in [3.05, 3.63) is 47.0 Å². The molecule has 0 aliphatic rings. The second-order valence-electron chi connectivity index (χ2n) is 6.24. The highest BCUT2D eigenvalue weighted by molar-refractivity contribution is 7.18. The first kappa shape index (κ1) is 23.1. The predicted octanol–water partition coefficient (Wildman–Crippen LogP) is 3.36. The average Bonchev–Trinajstić information content (AvgIpc) is 3.44. The first-order chi connectivity index (χ1) is 15.5. The predicted molar refractivity (Wildman–Crippen MR) is 116 cm³/mol. The number of nitrogens with one attached hydrogen (secondary N) is 2. The number of rotatable bonds is 7. The second-order valence-corrected chi connectivity index (χ2v) is 7.42. The molecule has 4 rings (SSSR count). The van der Waals surface area contributed by atoms with Gasteiger partial charge in [-0.25, -0.2) is 23.7 Å². The summed E-state index contributed by atoms with van der Waals surface area (Å²) >= 11 is 1.61. The zero-order valence-electron chi connectivity index (χ0n) is 17.4. The molecule has 0 unspecified atom stereocenters. The highest BCUT2D eigenvalue weighted by atomic mass is 32.1. The minimum atomic E-state index is -2.74. The number of nitrogens with zero attached hydrogens (tertiary/aromatic N) is 6. The number of hydrogen-bond acceptors (Lipinski definition) is 9. The molecule has 0 bridgehead atoms. The van der Waals surface area contributed by atoms with Crippen LogP contribution in [0.2, 0.25) is 0 Å². The van der Waals surface area contributed by atoms with Crippen LogP contribution in [-0.2, 0) is 16.1 Å². The van der Waals surface area contributed by atoms with Crippen molar-refractivity contribution in [3.8, 4) is 5.82 Å². The number of carbonyl (C=O) groups is 1. The third-order valence-corrected chi connectivity index (χ3v) is 5.04. The van der Waals surface area contributed by atoms with Crippen LogP contribution in [-0.4, -0.2) is 50.5 Å². The van der Waals surface area contributed by atoms with Gasteiger partial charge in [-0.15, -0.1) is 4.80 Å². The summed E-state index contributed by atoms with van der Waals surface area (Å²) in [4.78, 5) is 24.8. The van der Waals surface area contributed by atoms with Crippen LogP contribution in [0.15, 0.2) is 30.9 Å². The van der Waals surface area contributed by atoms with Crippen LogP contribution in [0.4, 0.5) is 20.2 Å². The zero-order valence-corrected chi connectivity index (χ0v) is 18.2. The van der Waals surface area contributed by atoms with Crippen molar-refractivity contribution in [2.45, 2.75) is 20.0 Å². The van der Waals surface area contributed by atoms with Crippen molar-refractivity contribution in [3.63, 3.8) is 0 Å². The lowest BCUT2D eigenvalue weighted by Crippen LogP contribution is -2.07. The molecule has 4 aromatic heterocycles. The van der Waals surface area contributed by atoms with Crippen molar-refractivity contribution >= 4 is 39.5 Å². The average molecular weight is 462 g/mol. The Morgan fingerprint density at radius 1 is 1.25 bits per heavy atom. The van der Waals surface area contributed by atoms with E-state index in [1.54, 1.807) is 18.4 Å². The zero-order chi connectivity index (χ0) is 23.1. The normalized spacial score (nSPS) is 10.7. The molecule has 10 nitrogen and oxygen atoms in total. The van der Waals surface area contributed by atoms with Gasteiger partial charge in [-0.1, -0.05) is 11.3 Å². The highest BCUT2D eigenvalue weighted by Crippen LogP contribution is 2.28. The van der Waals surface area contributed by atoms with E-state index in [2.05, 4.69) is 35.8 Å². The summed E-state index contributed by atoms with van der Waals surface area (Å²) in [5.74, 6) is -0.0681. The molecule has 0 atom stereocenters. The Labute approximate surface area is 185 Å². The van der Waals surface area contributed by atoms with Gasteiger partial charge in [0, 0.05) is 19.7 Å². The summed E-state index contributed by atoms with van der Waals surface area (Å²) in [6.45, 7) is 2.54. The van der Waals surface area contributed by atoms with Gasteiger partial charge in [0.2, 0.25) is 6.41 Å². The number of anilines is 2. The van der Waals surface area contributed by atoms with Crippen LogP contribution in [0.3, 0.4) is 0 Å². The Morgan fingerprint density at radius 2 is 2.00 bits per heavy atom. The number of fused-ring (bicyclic) bond motifs is 1. The summed E-state index contributed by atoms with van der Waals surface area (Å²) in [5.41, 5.74) is 2.84. The monoisotopic (exact) mass is 462 g/mol. The van der Waals surface area contributed by atoms with Gasteiger partial charge in [-0.05, 0) is 13.0 Å². The van der Waals surface area contributed by atoms with Gasteiger partial charge in [0.1, 0.15) is 10.3 Å². The number of aromatic nitrogens is 6. The lowest BCUT2D eigenvalue weighted by Gasteiger charge is -2.08. The summed E-state index contributed by atoms with van der Waals surface area (Å²) in [6, 6.07) is 1.13. The molecule has 0 saturated carbocycles. The fraction of sp³-hybridized carbons (Fsp3) is 0.263. The molecule has 0 radical (unpaired) electrons. The molecule has 168 valence electrons. The van der Waals surface area contributed by atoms with E-state index in [0.29, 0.717) is 13.0 Å². The summed E-state index contributed by atoms with van der Waals surface area (Å²) in [5, 5.41) is 13.8. The lowest BCUT2D eigenvalue weighted by atomic mass is 10.2. The number of hydrogen-bond donors (Lipinski definition) is 2. The molecular formula is C19H20F2N8O2S. The van der Waals surface area contributed by atoms with E-state index >= 15 is 0 Å². The van der Waals surface area contributed by atoms with Crippen LogP contribution < -0.4 is 10.6 Å². The quantitative estimate of drug-likeness (QED) is 0.401. The first-order valence-electron chi connectivity index (χ1n) is 9.25. The number of methoxy groups -OCH3 is 1. The molecule has 0 spiro atoms. The van der Waals surface area contributed by atoms with E-state index in [9.17, 15) is 13.6 Å². The Balaban J connectivity index is 0.000000182. The molecule has 1 amide bonds. The molecule has 4 aromatic rings. The minimum Gasteiger partial charge on any atom is -0.387 e. The van der Waals surface area contributed by atoms with Crippen LogP contribution in [0.1, 0.15) is 22.6 Å². The summed E-state index contributed by atoms with van der Waals surface area (Å²) in [7, 11) is 3.56. The van der Waals surface area contributed by atoms with Crippen LogP contribution in [0, 0.1) is 6.92 Å². The minimum absolute atomic E-state index is 0.0681. The molecule has 0 aliphatic carbocycles. The Bertz CT molecular complexity index is 1180. The summed E-state index contributed by atoms with van der Waals surface area (Å²) in [6.07, 6.45) is 3.44. The molecule has 32 heavy (non-hydrogen) atoms. The molecule has 0 saturated heterocycles. The number of halogens is 2. The fourth-order valence-corrected chi connectivity index (χ4v) is 3.60. The maximum Gasteiger partial charge on any atom is 0.267 e. The van der Waals surface area contributed by atoms with Crippen molar-refractivity contribution in [1.82, 2.24) is 29.9 Å². The van der Waals surface area contributed by atoms with Gasteiger partial charge < -0.3 is 15.4 Å². The van der Waals surface area contributed by atoms with Gasteiger partial charge in [-0.3, -0.25) is 4.79 Å². The van der Waals surface area contributed by atoms with E-state index in [4.69, 9.17) is 4.74 Å². The standard InChI is InChI=1S/C10H13N3OS.C9H7F2N5O/c1-6-13-9-7(5-14-3)8(11-2)4-12-10(9)15-6;10-8(11)7-3-6(13-5-17)4-12-9(7)16-14-1-2-15-16/h4,11H,5H2,1-3H3;1-5,8H,(H,13,17). The Kier molecular flexibility index (Phi) is 7.68. The molecule has 2 N–H and O–H groups in total. The SMILES string of the molecule is CNc1cnc2sc(C)nc2c1COC.O=CNc1cnc(-n2nccn2)c(C(F)F)c1. The maximum absolute atomic E-state index is 12.8. The fourth-order valence-electron chi connectivity index (χ4n) is 2.81. The third-order valence-electron chi connectivity index (χ3n) is 4.16. The molecule has 0 aromatic carbocycles. The van der Waals surface area contributed by atoms with Crippen LogP contribution >= 0.6 is 11.3 Å². The Morgan fingerprint density at radius 3 is 2.62 bits per heavy atom. The molecular weight excluding hydrogens is 442 g/mol. The van der Waals surface area contributed by atoms with Crippen molar-refractivity contribution in [2.24, 2.45) is 0 Å². The van der Waals surface area contributed by atoms with Crippen molar-refractivity contribution in [1.29, 1.82) is 0 Å². The van der Waals surface area contributed by atoms with Crippen LogP contribution in [0.25, 0.3) is 16.2 Å². The smallest absolute Gasteiger partial charge is 0.267 e. The van der Waals surface area contributed by atoms with E-state index in [1.165, 1.54) is 18.6 Å². The molecule has 0 aliphatic heterocycles.